The van der Waals surface area contributed by atoms with E-state index in [9.17, 15) is 22.8 Å². The van der Waals surface area contributed by atoms with Gasteiger partial charge < -0.3 is 10.2 Å². The third kappa shape index (κ3) is 5.16. The standard InChI is InChI=1S/C22H23F3N2O2/c1-14-2-4-15(5-3-14)6-9-19(28)26-16-10-12-27(13-11-16)22(29)17-7-8-18(23)21(25)20(17)24/h2-5,7-8,16H,6,9-13H2,1H3,(H,26,28). The third-order valence-corrected chi connectivity index (χ3v) is 5.17. The average Bonchev–Trinajstić information content (AvgIpc) is 2.72. The molecule has 2 aromatic carbocycles. The lowest BCUT2D eigenvalue weighted by molar-refractivity contribution is -0.122. The number of piperidine rings is 1. The number of benzene rings is 2. The van der Waals surface area contributed by atoms with E-state index in [1.807, 2.05) is 31.2 Å². The van der Waals surface area contributed by atoms with Crippen molar-refractivity contribution in [1.82, 2.24) is 10.2 Å². The summed E-state index contributed by atoms with van der Waals surface area (Å²) in [6, 6.07) is 9.65. The van der Waals surface area contributed by atoms with Crippen LogP contribution in [0.2, 0.25) is 0 Å². The van der Waals surface area contributed by atoms with E-state index in [-0.39, 0.29) is 11.9 Å². The van der Waals surface area contributed by atoms with Crippen LogP contribution in [-0.4, -0.2) is 35.8 Å². The van der Waals surface area contributed by atoms with Crippen molar-refractivity contribution in [1.29, 1.82) is 0 Å². The predicted molar refractivity (Wildman–Crippen MR) is 103 cm³/mol. The number of amides is 2. The average molecular weight is 404 g/mol. The number of halogens is 3. The molecule has 2 amide bonds. The lowest BCUT2D eigenvalue weighted by Gasteiger charge is -2.32. The number of carbonyl (C=O) groups excluding carboxylic acids is 2. The summed E-state index contributed by atoms with van der Waals surface area (Å²) in [7, 11) is 0. The van der Waals surface area contributed by atoms with Crippen LogP contribution in [0.1, 0.15) is 40.7 Å². The second-order valence-electron chi connectivity index (χ2n) is 7.34. The lowest BCUT2D eigenvalue weighted by Crippen LogP contribution is -2.46. The molecule has 1 heterocycles. The van der Waals surface area contributed by atoms with Gasteiger partial charge in [0.15, 0.2) is 17.5 Å². The molecule has 0 unspecified atom stereocenters. The largest absolute Gasteiger partial charge is 0.353 e. The summed E-state index contributed by atoms with van der Waals surface area (Å²) in [5.41, 5.74) is 1.78. The molecular weight excluding hydrogens is 381 g/mol. The minimum atomic E-state index is -1.65. The van der Waals surface area contributed by atoms with Crippen LogP contribution >= 0.6 is 0 Å². The number of nitrogens with zero attached hydrogens (tertiary/aromatic N) is 1. The Balaban J connectivity index is 1.47. The van der Waals surface area contributed by atoms with Crippen molar-refractivity contribution in [2.75, 3.05) is 13.1 Å². The van der Waals surface area contributed by atoms with Gasteiger partial charge in [0.25, 0.3) is 5.91 Å². The van der Waals surface area contributed by atoms with Crippen LogP contribution in [0.25, 0.3) is 0 Å². The minimum Gasteiger partial charge on any atom is -0.353 e. The molecular formula is C22H23F3N2O2. The molecule has 3 rings (SSSR count). The highest BCUT2D eigenvalue weighted by atomic mass is 19.2. The van der Waals surface area contributed by atoms with Crippen molar-refractivity contribution in [2.24, 2.45) is 0 Å². The Bertz CT molecular complexity index is 892. The maximum Gasteiger partial charge on any atom is 0.256 e. The summed E-state index contributed by atoms with van der Waals surface area (Å²) < 4.78 is 40.3. The van der Waals surface area contributed by atoms with E-state index in [1.165, 1.54) is 10.5 Å². The molecule has 0 saturated carbocycles. The molecule has 7 heteroatoms. The van der Waals surface area contributed by atoms with Gasteiger partial charge in [-0.1, -0.05) is 29.8 Å². The van der Waals surface area contributed by atoms with Gasteiger partial charge in [-0.25, -0.2) is 13.2 Å². The summed E-state index contributed by atoms with van der Waals surface area (Å²) in [5.74, 6) is -5.17. The number of nitrogens with one attached hydrogen (secondary N) is 1. The van der Waals surface area contributed by atoms with E-state index in [2.05, 4.69) is 5.32 Å². The maximum absolute atomic E-state index is 13.8. The number of hydrogen-bond donors (Lipinski definition) is 1. The normalized spacial score (nSPS) is 14.7. The molecule has 1 N–H and O–H groups in total. The zero-order chi connectivity index (χ0) is 21.0. The van der Waals surface area contributed by atoms with Crippen molar-refractivity contribution in [2.45, 2.75) is 38.6 Å². The Morgan fingerprint density at radius 3 is 2.31 bits per heavy atom. The minimum absolute atomic E-state index is 0.0537. The predicted octanol–water partition coefficient (Wildman–Crippen LogP) is 3.77. The monoisotopic (exact) mass is 404 g/mol. The van der Waals surface area contributed by atoms with Crippen molar-refractivity contribution in [3.8, 4) is 0 Å². The Labute approximate surface area is 167 Å². The molecule has 0 spiro atoms. The first-order chi connectivity index (χ1) is 13.8. The first-order valence-electron chi connectivity index (χ1n) is 9.63. The zero-order valence-corrected chi connectivity index (χ0v) is 16.2. The van der Waals surface area contributed by atoms with Crippen LogP contribution in [0.4, 0.5) is 13.2 Å². The molecule has 0 radical (unpaired) electrons. The van der Waals surface area contributed by atoms with E-state index >= 15 is 0 Å². The number of likely N-dealkylation sites (tertiary alicyclic amines) is 1. The highest BCUT2D eigenvalue weighted by molar-refractivity contribution is 5.94. The number of hydrogen-bond acceptors (Lipinski definition) is 2. The molecule has 154 valence electrons. The van der Waals surface area contributed by atoms with Gasteiger partial charge >= 0.3 is 0 Å². The lowest BCUT2D eigenvalue weighted by atomic mass is 10.0. The van der Waals surface area contributed by atoms with Crippen LogP contribution in [0.5, 0.6) is 0 Å². The van der Waals surface area contributed by atoms with Crippen molar-refractivity contribution < 1.29 is 22.8 Å². The number of carbonyl (C=O) groups is 2. The molecule has 1 saturated heterocycles. The van der Waals surface area contributed by atoms with E-state index in [4.69, 9.17) is 0 Å². The van der Waals surface area contributed by atoms with Crippen molar-refractivity contribution >= 4 is 11.8 Å². The van der Waals surface area contributed by atoms with Crippen LogP contribution < -0.4 is 5.32 Å². The van der Waals surface area contributed by atoms with Crippen LogP contribution in [0.15, 0.2) is 36.4 Å². The van der Waals surface area contributed by atoms with Gasteiger partial charge in [0.1, 0.15) is 0 Å². The second-order valence-corrected chi connectivity index (χ2v) is 7.34. The summed E-state index contributed by atoms with van der Waals surface area (Å²) in [4.78, 5) is 26.0. The van der Waals surface area contributed by atoms with E-state index in [0.717, 1.165) is 17.7 Å². The first kappa shape index (κ1) is 20.9. The number of aryl methyl sites for hydroxylation is 2. The maximum atomic E-state index is 13.8. The third-order valence-electron chi connectivity index (χ3n) is 5.17. The summed E-state index contributed by atoms with van der Waals surface area (Å²) in [5, 5.41) is 2.97. The molecule has 4 nitrogen and oxygen atoms in total. The Morgan fingerprint density at radius 1 is 1.00 bits per heavy atom. The molecule has 0 atom stereocenters. The Morgan fingerprint density at radius 2 is 1.66 bits per heavy atom. The van der Waals surface area contributed by atoms with Gasteiger partial charge in [-0.15, -0.1) is 0 Å². The van der Waals surface area contributed by atoms with Gasteiger partial charge in [0.2, 0.25) is 5.91 Å². The quantitative estimate of drug-likeness (QED) is 0.772. The van der Waals surface area contributed by atoms with Crippen molar-refractivity contribution in [3.05, 3.63) is 70.5 Å². The topological polar surface area (TPSA) is 49.4 Å². The zero-order valence-electron chi connectivity index (χ0n) is 16.2. The fourth-order valence-corrected chi connectivity index (χ4v) is 3.40. The fourth-order valence-electron chi connectivity index (χ4n) is 3.40. The highest BCUT2D eigenvalue weighted by Crippen LogP contribution is 2.19. The van der Waals surface area contributed by atoms with Gasteiger partial charge in [-0.05, 0) is 43.9 Å². The highest BCUT2D eigenvalue weighted by Gasteiger charge is 2.27. The van der Waals surface area contributed by atoms with E-state index in [1.54, 1.807) is 0 Å². The van der Waals surface area contributed by atoms with E-state index < -0.39 is 28.9 Å². The molecule has 1 aliphatic heterocycles. The second kappa shape index (κ2) is 9.11. The molecule has 0 aromatic heterocycles. The molecule has 0 aliphatic carbocycles. The van der Waals surface area contributed by atoms with Crippen LogP contribution in [-0.2, 0) is 11.2 Å². The van der Waals surface area contributed by atoms with Gasteiger partial charge in [-0.3, -0.25) is 9.59 Å². The number of rotatable bonds is 5. The van der Waals surface area contributed by atoms with E-state index in [0.29, 0.717) is 38.8 Å². The molecule has 0 bridgehead atoms. The summed E-state index contributed by atoms with van der Waals surface area (Å²) in [6.45, 7) is 2.62. The molecule has 2 aromatic rings. The summed E-state index contributed by atoms with van der Waals surface area (Å²) >= 11 is 0. The SMILES string of the molecule is Cc1ccc(CCC(=O)NC2CCN(C(=O)c3ccc(F)c(F)c3F)CC2)cc1. The van der Waals surface area contributed by atoms with Gasteiger partial charge in [0, 0.05) is 25.6 Å². The fraction of sp³-hybridized carbons (Fsp3) is 0.364. The van der Waals surface area contributed by atoms with Gasteiger partial charge in [0.05, 0.1) is 5.56 Å². The van der Waals surface area contributed by atoms with Crippen molar-refractivity contribution in [3.63, 3.8) is 0 Å². The first-order valence-corrected chi connectivity index (χ1v) is 9.63. The molecule has 1 fully saturated rings. The molecule has 1 aliphatic rings. The van der Waals surface area contributed by atoms with Gasteiger partial charge in [-0.2, -0.15) is 0 Å². The Hall–Kier alpha value is -2.83. The smallest absolute Gasteiger partial charge is 0.256 e. The van der Waals surface area contributed by atoms with Crippen LogP contribution in [0, 0.1) is 24.4 Å². The Kier molecular flexibility index (Phi) is 6.56. The van der Waals surface area contributed by atoms with Crippen LogP contribution in [0.3, 0.4) is 0 Å². The molecule has 29 heavy (non-hydrogen) atoms. The summed E-state index contributed by atoms with van der Waals surface area (Å²) in [6.07, 6.45) is 2.07.